The highest BCUT2D eigenvalue weighted by atomic mass is 32.2. The standard InChI is InChI=1S/C78H57NS3/c1-49-22-18-45-70-56(49)48-53-26-19-38-67(75(53)54-27-5-2-23-50(54)46-52-25-4-13-40-69(52)80-70)79(68-39-21-36-65-76(68)55-28-6-8-30-59(55)78(65)63-33-11-16-43-73(63)82-74-44-17-12-34-64(74)78)66-37-20-35-60-57(66)47-51-24-3-7-29-58(51)77(60)61-31-9-14-41-71(61)81-72-42-15-10-32-62(72)77/h2-17,19-21,23-44,49H,18,22,45-48H2,1H3. The van der Waals surface area contributed by atoms with Gasteiger partial charge in [0.1, 0.15) is 0 Å². The molecule has 2 spiro atoms. The Morgan fingerprint density at radius 3 is 1.46 bits per heavy atom. The van der Waals surface area contributed by atoms with Crippen molar-refractivity contribution in [1.29, 1.82) is 0 Å². The number of nitrogens with zero attached hydrogens (tertiary/aromatic N) is 1. The molecule has 0 aromatic heterocycles. The molecular weight excluding hydrogens is 1050 g/mol. The Bertz CT molecular complexity index is 4400. The maximum Gasteiger partial charge on any atom is 0.0736 e. The van der Waals surface area contributed by atoms with Gasteiger partial charge in [-0.2, -0.15) is 0 Å². The molecule has 11 aromatic carbocycles. The van der Waals surface area contributed by atoms with Gasteiger partial charge in [-0.1, -0.05) is 248 Å². The van der Waals surface area contributed by atoms with E-state index in [0.29, 0.717) is 5.92 Å². The fraction of sp³-hybridized carbons (Fsp3) is 0.128. The van der Waals surface area contributed by atoms with Gasteiger partial charge in [-0.15, -0.1) is 0 Å². The first kappa shape index (κ1) is 48.7. The van der Waals surface area contributed by atoms with Gasteiger partial charge >= 0.3 is 0 Å². The summed E-state index contributed by atoms with van der Waals surface area (Å²) >= 11 is 5.88. The molecule has 392 valence electrons. The first-order valence-electron chi connectivity index (χ1n) is 29.2. The summed E-state index contributed by atoms with van der Waals surface area (Å²) in [7, 11) is 0. The van der Waals surface area contributed by atoms with Gasteiger partial charge in [0.25, 0.3) is 0 Å². The van der Waals surface area contributed by atoms with Crippen LogP contribution < -0.4 is 4.90 Å². The Labute approximate surface area is 494 Å². The van der Waals surface area contributed by atoms with Crippen LogP contribution in [0.5, 0.6) is 0 Å². The molecule has 11 aromatic rings. The lowest BCUT2D eigenvalue weighted by atomic mass is 9.59. The van der Waals surface area contributed by atoms with Gasteiger partial charge in [0.15, 0.2) is 0 Å². The highest BCUT2D eigenvalue weighted by Crippen LogP contribution is 2.66. The Balaban J connectivity index is 1.01. The highest BCUT2D eigenvalue weighted by molar-refractivity contribution is 8.03. The zero-order chi connectivity index (χ0) is 54.1. The summed E-state index contributed by atoms with van der Waals surface area (Å²) in [5.74, 6) is 0.480. The summed E-state index contributed by atoms with van der Waals surface area (Å²) in [5.41, 5.74) is 27.0. The van der Waals surface area contributed by atoms with Crippen LogP contribution in [0.2, 0.25) is 0 Å². The van der Waals surface area contributed by atoms with Gasteiger partial charge in [-0.05, 0) is 175 Å². The van der Waals surface area contributed by atoms with Gasteiger partial charge in [-0.3, -0.25) is 0 Å². The predicted molar refractivity (Wildman–Crippen MR) is 342 cm³/mol. The Morgan fingerprint density at radius 1 is 0.341 bits per heavy atom. The van der Waals surface area contributed by atoms with Crippen molar-refractivity contribution in [3.05, 3.63) is 332 Å². The van der Waals surface area contributed by atoms with E-state index in [4.69, 9.17) is 0 Å². The molecule has 0 radical (unpaired) electrons. The van der Waals surface area contributed by atoms with Crippen molar-refractivity contribution < 1.29 is 0 Å². The van der Waals surface area contributed by atoms with E-state index in [1.165, 1.54) is 149 Å². The van der Waals surface area contributed by atoms with Crippen LogP contribution in [0.25, 0.3) is 22.3 Å². The number of hydrogen-bond donors (Lipinski definition) is 0. The van der Waals surface area contributed by atoms with Crippen LogP contribution in [0.4, 0.5) is 17.1 Å². The topological polar surface area (TPSA) is 3.24 Å². The molecule has 4 heteroatoms. The fourth-order valence-electron chi connectivity index (χ4n) is 15.7. The van der Waals surface area contributed by atoms with Crippen LogP contribution in [-0.2, 0) is 30.1 Å². The lowest BCUT2D eigenvalue weighted by Gasteiger charge is -2.47. The minimum absolute atomic E-state index is 0.480. The molecule has 0 saturated carbocycles. The Hall–Kier alpha value is -7.99. The Kier molecular flexibility index (Phi) is 11.3. The minimum Gasteiger partial charge on any atom is -0.309 e. The third kappa shape index (κ3) is 6.98. The molecule has 0 fully saturated rings. The third-order valence-corrected chi connectivity index (χ3v) is 22.7. The van der Waals surface area contributed by atoms with Crippen LogP contribution in [-0.4, -0.2) is 0 Å². The molecule has 0 bridgehead atoms. The first-order valence-corrected chi connectivity index (χ1v) is 31.7. The molecule has 1 atom stereocenters. The average Bonchev–Trinajstić information content (AvgIpc) is 4.00. The van der Waals surface area contributed by atoms with E-state index in [1.54, 1.807) is 10.5 Å². The number of anilines is 3. The van der Waals surface area contributed by atoms with E-state index in [1.807, 2.05) is 35.3 Å². The molecule has 3 aliphatic heterocycles. The van der Waals surface area contributed by atoms with Crippen LogP contribution in [0, 0.1) is 5.92 Å². The second-order valence-corrected chi connectivity index (χ2v) is 26.5. The van der Waals surface area contributed by atoms with Crippen molar-refractivity contribution in [1.82, 2.24) is 0 Å². The lowest BCUT2D eigenvalue weighted by Crippen LogP contribution is -2.38. The molecule has 1 nitrogen and oxygen atoms in total. The summed E-state index contributed by atoms with van der Waals surface area (Å²) in [5, 5.41) is 0. The highest BCUT2D eigenvalue weighted by Gasteiger charge is 2.53. The number of allylic oxidation sites excluding steroid dienone is 2. The summed E-state index contributed by atoms with van der Waals surface area (Å²) < 4.78 is 0. The van der Waals surface area contributed by atoms with Crippen LogP contribution >= 0.6 is 35.3 Å². The van der Waals surface area contributed by atoms with Crippen molar-refractivity contribution in [2.75, 3.05) is 4.90 Å². The van der Waals surface area contributed by atoms with E-state index in [-0.39, 0.29) is 0 Å². The van der Waals surface area contributed by atoms with E-state index in [2.05, 4.69) is 261 Å². The van der Waals surface area contributed by atoms with Crippen molar-refractivity contribution in [2.45, 2.75) is 80.8 Å². The smallest absolute Gasteiger partial charge is 0.0736 e. The third-order valence-electron chi connectivity index (χ3n) is 19.1. The molecule has 3 aliphatic carbocycles. The molecule has 1 unspecified atom stereocenters. The van der Waals surface area contributed by atoms with Crippen LogP contribution in [0.1, 0.15) is 98.5 Å². The number of fused-ring (bicyclic) bond motifs is 21. The molecule has 82 heavy (non-hydrogen) atoms. The van der Waals surface area contributed by atoms with Crippen molar-refractivity contribution >= 4 is 52.3 Å². The van der Waals surface area contributed by atoms with Crippen molar-refractivity contribution in [3.8, 4) is 22.3 Å². The summed E-state index contributed by atoms with van der Waals surface area (Å²) in [6, 6.07) is 96.4. The maximum absolute atomic E-state index is 2.78. The van der Waals surface area contributed by atoms with E-state index < -0.39 is 10.8 Å². The second kappa shape index (κ2) is 19.0. The van der Waals surface area contributed by atoms with E-state index >= 15 is 0 Å². The fourth-order valence-corrected chi connectivity index (χ4v) is 19.5. The zero-order valence-electron chi connectivity index (χ0n) is 45.7. The molecule has 6 aliphatic rings. The van der Waals surface area contributed by atoms with Crippen molar-refractivity contribution in [2.24, 2.45) is 5.92 Å². The summed E-state index contributed by atoms with van der Waals surface area (Å²) in [6.45, 7) is 2.50. The second-order valence-electron chi connectivity index (χ2n) is 23.2. The molecule has 17 rings (SSSR count). The zero-order valence-corrected chi connectivity index (χ0v) is 48.1. The molecule has 3 heterocycles. The predicted octanol–water partition coefficient (Wildman–Crippen LogP) is 20.7. The number of benzene rings is 11. The maximum atomic E-state index is 2.78. The minimum atomic E-state index is -0.565. The van der Waals surface area contributed by atoms with Crippen LogP contribution in [0.15, 0.2) is 284 Å². The number of thioether (sulfide) groups is 1. The van der Waals surface area contributed by atoms with Crippen LogP contribution in [0.3, 0.4) is 0 Å². The van der Waals surface area contributed by atoms with Crippen molar-refractivity contribution in [3.63, 3.8) is 0 Å². The summed E-state index contributed by atoms with van der Waals surface area (Å²) in [6.07, 6.45) is 6.09. The molecule has 0 amide bonds. The SMILES string of the molecule is CC1CCCC2=C1Cc1cccc(N(c3cccc4c3Cc3ccccc3C43c4ccccc4Sc4ccccc43)c3cccc4c3-c3ccccc3C43c4ccccc4Sc4ccccc43)c1-c1ccccc1Cc1ccccc1S2. The first-order chi connectivity index (χ1) is 40.6. The Morgan fingerprint density at radius 2 is 0.805 bits per heavy atom. The molecule has 0 saturated heterocycles. The largest absolute Gasteiger partial charge is 0.309 e. The van der Waals surface area contributed by atoms with E-state index in [9.17, 15) is 0 Å². The number of rotatable bonds is 3. The van der Waals surface area contributed by atoms with Gasteiger partial charge < -0.3 is 4.90 Å². The van der Waals surface area contributed by atoms with Gasteiger partial charge in [0, 0.05) is 42.0 Å². The quantitative estimate of drug-likeness (QED) is 0.173. The van der Waals surface area contributed by atoms with Gasteiger partial charge in [0.2, 0.25) is 0 Å². The molecule has 0 N–H and O–H groups in total. The van der Waals surface area contributed by atoms with Gasteiger partial charge in [-0.25, -0.2) is 0 Å². The number of hydrogen-bond acceptors (Lipinski definition) is 4. The molecular formula is C78H57NS3. The lowest BCUT2D eigenvalue weighted by molar-refractivity contribution is 0.536. The van der Waals surface area contributed by atoms with Gasteiger partial charge in [0.05, 0.1) is 27.9 Å². The summed E-state index contributed by atoms with van der Waals surface area (Å²) in [4.78, 5) is 11.0. The van der Waals surface area contributed by atoms with E-state index in [0.717, 1.165) is 25.7 Å². The average molecular weight is 1100 g/mol. The monoisotopic (exact) mass is 1100 g/mol. The normalized spacial score (nSPS) is 16.9.